The lowest BCUT2D eigenvalue weighted by Gasteiger charge is -2.29. The fourth-order valence-corrected chi connectivity index (χ4v) is 5.41. The van der Waals surface area contributed by atoms with Crippen molar-refractivity contribution in [2.75, 3.05) is 23.8 Å². The van der Waals surface area contributed by atoms with Crippen LogP contribution < -0.4 is 24.8 Å². The Bertz CT molecular complexity index is 1600. The van der Waals surface area contributed by atoms with Gasteiger partial charge in [-0.25, -0.2) is 4.68 Å². The molecule has 1 aromatic heterocycles. The SMILES string of the molecule is CCOc1ccccc1NC(=O)C1=C(C)Nc2ncnn2C1c1cc(Br)c(OCc2cccc(C)c2)c(OCC)c1. The number of ether oxygens (including phenoxy) is 3. The van der Waals surface area contributed by atoms with E-state index in [9.17, 15) is 4.79 Å². The lowest BCUT2D eigenvalue weighted by molar-refractivity contribution is -0.113. The number of carbonyl (C=O) groups is 1. The summed E-state index contributed by atoms with van der Waals surface area (Å²) >= 11 is 3.71. The van der Waals surface area contributed by atoms with Gasteiger partial charge in [0, 0.05) is 5.70 Å². The van der Waals surface area contributed by atoms with E-state index in [1.54, 1.807) is 4.68 Å². The first-order valence-electron chi connectivity index (χ1n) is 13.4. The summed E-state index contributed by atoms with van der Waals surface area (Å²) < 4.78 is 20.4. The van der Waals surface area contributed by atoms with Crippen molar-refractivity contribution in [3.63, 3.8) is 0 Å². The number of para-hydroxylation sites is 2. The van der Waals surface area contributed by atoms with Gasteiger partial charge in [0.2, 0.25) is 5.95 Å². The molecule has 4 aromatic rings. The van der Waals surface area contributed by atoms with E-state index in [1.165, 1.54) is 6.33 Å². The van der Waals surface area contributed by atoms with Crippen molar-refractivity contribution < 1.29 is 19.0 Å². The van der Waals surface area contributed by atoms with Crippen molar-refractivity contribution in [1.29, 1.82) is 0 Å². The highest BCUT2D eigenvalue weighted by Gasteiger charge is 2.35. The molecule has 1 atom stereocenters. The number of amides is 1. The second-order valence-electron chi connectivity index (χ2n) is 9.52. The maximum Gasteiger partial charge on any atom is 0.255 e. The van der Waals surface area contributed by atoms with E-state index in [4.69, 9.17) is 14.2 Å². The summed E-state index contributed by atoms with van der Waals surface area (Å²) in [6, 6.07) is 18.8. The molecule has 1 unspecified atom stereocenters. The molecule has 0 bridgehead atoms. The van der Waals surface area contributed by atoms with Crippen LogP contribution in [0.4, 0.5) is 11.6 Å². The molecule has 1 aliphatic heterocycles. The number of nitrogens with zero attached hydrogens (tertiary/aromatic N) is 3. The predicted octanol–water partition coefficient (Wildman–Crippen LogP) is 6.65. The molecule has 0 saturated heterocycles. The molecule has 2 heterocycles. The van der Waals surface area contributed by atoms with Gasteiger partial charge in [-0.05, 0) is 79.0 Å². The number of aromatic nitrogens is 3. The van der Waals surface area contributed by atoms with Crippen LogP contribution in [0.1, 0.15) is 43.5 Å². The molecule has 3 aromatic carbocycles. The number of benzene rings is 3. The predicted molar refractivity (Wildman–Crippen MR) is 162 cm³/mol. The third kappa shape index (κ3) is 6.07. The Morgan fingerprint density at radius 1 is 1.00 bits per heavy atom. The Kier molecular flexibility index (Phi) is 8.58. The van der Waals surface area contributed by atoms with Gasteiger partial charge in [0.15, 0.2) is 11.5 Å². The first-order chi connectivity index (χ1) is 19.9. The number of aryl methyl sites for hydroxylation is 1. The van der Waals surface area contributed by atoms with Crippen LogP contribution in [-0.4, -0.2) is 33.9 Å². The minimum Gasteiger partial charge on any atom is -0.492 e. The maximum absolute atomic E-state index is 13.9. The molecule has 0 fully saturated rings. The summed E-state index contributed by atoms with van der Waals surface area (Å²) in [6.07, 6.45) is 1.46. The van der Waals surface area contributed by atoms with Gasteiger partial charge >= 0.3 is 0 Å². The topological polar surface area (TPSA) is 99.5 Å². The van der Waals surface area contributed by atoms with Gasteiger partial charge < -0.3 is 24.8 Å². The Morgan fingerprint density at radius 2 is 1.78 bits per heavy atom. The highest BCUT2D eigenvalue weighted by Crippen LogP contribution is 2.43. The zero-order valence-electron chi connectivity index (χ0n) is 23.4. The van der Waals surface area contributed by atoms with E-state index < -0.39 is 6.04 Å². The molecule has 1 amide bonds. The molecule has 10 heteroatoms. The van der Waals surface area contributed by atoms with Crippen molar-refractivity contribution in [3.05, 3.63) is 99.4 Å². The molecule has 41 heavy (non-hydrogen) atoms. The molecule has 0 aliphatic carbocycles. The Labute approximate surface area is 247 Å². The molecule has 2 N–H and O–H groups in total. The van der Waals surface area contributed by atoms with Crippen molar-refractivity contribution in [3.8, 4) is 17.2 Å². The Morgan fingerprint density at radius 3 is 2.56 bits per heavy atom. The van der Waals surface area contributed by atoms with Crippen LogP contribution in [0.3, 0.4) is 0 Å². The van der Waals surface area contributed by atoms with E-state index in [0.717, 1.165) is 16.7 Å². The van der Waals surface area contributed by atoms with E-state index in [0.29, 0.717) is 64.4 Å². The second kappa shape index (κ2) is 12.5. The molecule has 1 aliphatic rings. The quantitative estimate of drug-likeness (QED) is 0.205. The molecule has 0 spiro atoms. The normalized spacial score (nSPS) is 14.2. The van der Waals surface area contributed by atoms with Gasteiger partial charge in [0.05, 0.1) is 28.9 Å². The van der Waals surface area contributed by atoms with Crippen molar-refractivity contribution in [1.82, 2.24) is 14.8 Å². The van der Waals surface area contributed by atoms with Crippen molar-refractivity contribution in [2.45, 2.75) is 40.3 Å². The third-order valence-electron chi connectivity index (χ3n) is 6.59. The van der Waals surface area contributed by atoms with E-state index >= 15 is 0 Å². The van der Waals surface area contributed by atoms with Crippen LogP contribution in [0.5, 0.6) is 17.2 Å². The highest BCUT2D eigenvalue weighted by molar-refractivity contribution is 9.10. The van der Waals surface area contributed by atoms with Crippen LogP contribution in [-0.2, 0) is 11.4 Å². The summed E-state index contributed by atoms with van der Waals surface area (Å²) in [5, 5.41) is 10.7. The number of nitrogens with one attached hydrogen (secondary N) is 2. The minimum absolute atomic E-state index is 0.290. The molecule has 0 radical (unpaired) electrons. The average Bonchev–Trinajstić information content (AvgIpc) is 3.41. The van der Waals surface area contributed by atoms with Gasteiger partial charge in [-0.3, -0.25) is 4.79 Å². The van der Waals surface area contributed by atoms with Crippen molar-refractivity contribution >= 4 is 33.5 Å². The van der Waals surface area contributed by atoms with Crippen LogP contribution in [0, 0.1) is 6.92 Å². The zero-order chi connectivity index (χ0) is 28.9. The number of anilines is 2. The summed E-state index contributed by atoms with van der Waals surface area (Å²) in [4.78, 5) is 18.3. The molecular weight excluding hydrogens is 586 g/mol. The number of hydrogen-bond donors (Lipinski definition) is 2. The van der Waals surface area contributed by atoms with E-state index in [2.05, 4.69) is 55.7 Å². The van der Waals surface area contributed by atoms with E-state index in [-0.39, 0.29) is 5.91 Å². The fraction of sp³-hybridized carbons (Fsp3) is 0.258. The smallest absolute Gasteiger partial charge is 0.255 e. The van der Waals surface area contributed by atoms with Crippen molar-refractivity contribution in [2.24, 2.45) is 0 Å². The lowest BCUT2D eigenvalue weighted by Crippen LogP contribution is -2.31. The maximum atomic E-state index is 13.9. The number of hydrogen-bond acceptors (Lipinski definition) is 7. The van der Waals surface area contributed by atoms with Gasteiger partial charge in [0.1, 0.15) is 24.7 Å². The summed E-state index contributed by atoms with van der Waals surface area (Å²) in [6.45, 7) is 9.03. The Balaban J connectivity index is 1.53. The Hall–Kier alpha value is -4.31. The molecule has 5 rings (SSSR count). The zero-order valence-corrected chi connectivity index (χ0v) is 25.0. The number of carbonyl (C=O) groups excluding carboxylic acids is 1. The number of rotatable bonds is 10. The highest BCUT2D eigenvalue weighted by atomic mass is 79.9. The van der Waals surface area contributed by atoms with Crippen LogP contribution in [0.15, 0.2) is 82.7 Å². The number of fused-ring (bicyclic) bond motifs is 1. The number of halogens is 1. The first-order valence-corrected chi connectivity index (χ1v) is 14.2. The molecule has 9 nitrogen and oxygen atoms in total. The molecule has 0 saturated carbocycles. The fourth-order valence-electron chi connectivity index (χ4n) is 4.84. The summed E-state index contributed by atoms with van der Waals surface area (Å²) in [7, 11) is 0. The largest absolute Gasteiger partial charge is 0.492 e. The average molecular weight is 619 g/mol. The minimum atomic E-state index is -0.589. The second-order valence-corrected chi connectivity index (χ2v) is 10.4. The number of allylic oxidation sites excluding steroid dienone is 1. The van der Waals surface area contributed by atoms with Gasteiger partial charge in [-0.1, -0.05) is 42.0 Å². The third-order valence-corrected chi connectivity index (χ3v) is 7.18. The summed E-state index contributed by atoms with van der Waals surface area (Å²) in [5.41, 5.74) is 4.72. The van der Waals surface area contributed by atoms with Gasteiger partial charge in [0.25, 0.3) is 5.91 Å². The van der Waals surface area contributed by atoms with Crippen LogP contribution >= 0.6 is 15.9 Å². The van der Waals surface area contributed by atoms with E-state index in [1.807, 2.05) is 69.3 Å². The monoisotopic (exact) mass is 617 g/mol. The van der Waals surface area contributed by atoms with Crippen LogP contribution in [0.2, 0.25) is 0 Å². The standard InChI is InChI=1S/C31H32BrN5O4/c1-5-39-25-13-8-7-12-24(25)36-30(38)27-20(4)35-31-33-18-34-37(31)28(27)22-15-23(32)29(26(16-22)40-6-2)41-17-21-11-9-10-19(3)14-21/h7-16,18,28H,5-6,17H2,1-4H3,(H,36,38)(H,33,34,35). The molecular formula is C31H32BrN5O4. The summed E-state index contributed by atoms with van der Waals surface area (Å²) in [5.74, 6) is 1.99. The molecule has 212 valence electrons. The first kappa shape index (κ1) is 28.2. The van der Waals surface area contributed by atoms with Crippen LogP contribution in [0.25, 0.3) is 0 Å². The lowest BCUT2D eigenvalue weighted by atomic mass is 9.94. The van der Waals surface area contributed by atoms with Gasteiger partial charge in [-0.2, -0.15) is 10.1 Å². The van der Waals surface area contributed by atoms with Gasteiger partial charge in [-0.15, -0.1) is 0 Å².